The van der Waals surface area contributed by atoms with Gasteiger partial charge in [-0.05, 0) is 39.4 Å². The summed E-state index contributed by atoms with van der Waals surface area (Å²) in [5.41, 5.74) is 1.25. The number of aromatic nitrogens is 1. The maximum atomic E-state index is 4.13. The van der Waals surface area contributed by atoms with Crippen molar-refractivity contribution < 1.29 is 0 Å². The Bertz CT molecular complexity index is 284. The van der Waals surface area contributed by atoms with Gasteiger partial charge in [0.2, 0.25) is 0 Å². The molecule has 1 atom stereocenters. The van der Waals surface area contributed by atoms with Crippen molar-refractivity contribution in [3.05, 3.63) is 30.1 Å². The normalized spacial score (nSPS) is 13.4. The first-order valence-electron chi connectivity index (χ1n) is 5.95. The summed E-state index contributed by atoms with van der Waals surface area (Å²) < 4.78 is 0. The van der Waals surface area contributed by atoms with Crippen LogP contribution in [0.4, 0.5) is 0 Å². The first-order valence-corrected chi connectivity index (χ1v) is 5.95. The Morgan fingerprint density at radius 3 is 2.69 bits per heavy atom. The molecule has 0 aromatic carbocycles. The predicted octanol–water partition coefficient (Wildman–Crippen LogP) is 2.07. The Morgan fingerprint density at radius 1 is 1.38 bits per heavy atom. The van der Waals surface area contributed by atoms with E-state index in [2.05, 4.69) is 49.1 Å². The quantitative estimate of drug-likeness (QED) is 0.797. The monoisotopic (exact) mass is 221 g/mol. The van der Waals surface area contributed by atoms with Crippen LogP contribution in [0.15, 0.2) is 24.5 Å². The second-order valence-electron chi connectivity index (χ2n) is 4.54. The predicted molar refractivity (Wildman–Crippen MR) is 68.4 cm³/mol. The van der Waals surface area contributed by atoms with Crippen molar-refractivity contribution in [3.63, 3.8) is 0 Å². The van der Waals surface area contributed by atoms with Crippen LogP contribution in [0.5, 0.6) is 0 Å². The summed E-state index contributed by atoms with van der Waals surface area (Å²) in [6.07, 6.45) is 3.73. The molecule has 0 aliphatic heterocycles. The van der Waals surface area contributed by atoms with Crippen molar-refractivity contribution >= 4 is 0 Å². The summed E-state index contributed by atoms with van der Waals surface area (Å²) in [4.78, 5) is 6.46. The van der Waals surface area contributed by atoms with Gasteiger partial charge in [0.05, 0.1) is 0 Å². The molecule has 16 heavy (non-hydrogen) atoms. The molecule has 90 valence electrons. The lowest BCUT2D eigenvalue weighted by atomic mass is 10.1. The van der Waals surface area contributed by atoms with Crippen molar-refractivity contribution in [2.24, 2.45) is 0 Å². The van der Waals surface area contributed by atoms with Crippen LogP contribution in [0.1, 0.15) is 32.4 Å². The highest BCUT2D eigenvalue weighted by Crippen LogP contribution is 2.08. The molecule has 1 heterocycles. The Hall–Kier alpha value is -0.930. The van der Waals surface area contributed by atoms with Crippen molar-refractivity contribution in [1.82, 2.24) is 15.2 Å². The first kappa shape index (κ1) is 13.1. The summed E-state index contributed by atoms with van der Waals surface area (Å²) in [6.45, 7) is 8.68. The zero-order valence-electron chi connectivity index (χ0n) is 10.8. The van der Waals surface area contributed by atoms with Crippen molar-refractivity contribution in [1.29, 1.82) is 0 Å². The topological polar surface area (TPSA) is 28.2 Å². The summed E-state index contributed by atoms with van der Waals surface area (Å²) in [5, 5.41) is 3.50. The SMILES string of the molecule is CC(NCCN(C)C(C)C)c1cccnc1. The first-order chi connectivity index (χ1) is 7.61. The fourth-order valence-electron chi connectivity index (χ4n) is 1.47. The van der Waals surface area contributed by atoms with Crippen LogP contribution in [-0.4, -0.2) is 36.1 Å². The van der Waals surface area contributed by atoms with Crippen molar-refractivity contribution in [2.45, 2.75) is 32.9 Å². The van der Waals surface area contributed by atoms with Crippen LogP contribution < -0.4 is 5.32 Å². The minimum Gasteiger partial charge on any atom is -0.309 e. The minimum atomic E-state index is 0.370. The van der Waals surface area contributed by atoms with Crippen molar-refractivity contribution in [2.75, 3.05) is 20.1 Å². The summed E-state index contributed by atoms with van der Waals surface area (Å²) in [6, 6.07) is 5.06. The molecule has 1 aromatic heterocycles. The number of hydrogen-bond acceptors (Lipinski definition) is 3. The van der Waals surface area contributed by atoms with Crippen LogP contribution >= 0.6 is 0 Å². The number of nitrogens with zero attached hydrogens (tertiary/aromatic N) is 2. The van der Waals surface area contributed by atoms with Gasteiger partial charge in [0, 0.05) is 37.6 Å². The van der Waals surface area contributed by atoms with E-state index in [-0.39, 0.29) is 0 Å². The molecule has 0 bridgehead atoms. The largest absolute Gasteiger partial charge is 0.309 e. The van der Waals surface area contributed by atoms with E-state index in [0.29, 0.717) is 12.1 Å². The van der Waals surface area contributed by atoms with E-state index in [1.165, 1.54) is 5.56 Å². The van der Waals surface area contributed by atoms with Crippen LogP contribution in [-0.2, 0) is 0 Å². The molecule has 0 aliphatic carbocycles. The van der Waals surface area contributed by atoms with E-state index >= 15 is 0 Å². The Balaban J connectivity index is 2.28. The minimum absolute atomic E-state index is 0.370. The smallest absolute Gasteiger partial charge is 0.0315 e. The molecule has 0 saturated heterocycles. The molecule has 0 amide bonds. The van der Waals surface area contributed by atoms with Gasteiger partial charge in [-0.2, -0.15) is 0 Å². The third-order valence-corrected chi connectivity index (χ3v) is 2.98. The lowest BCUT2D eigenvalue weighted by molar-refractivity contribution is 0.270. The van der Waals surface area contributed by atoms with Gasteiger partial charge in [0.25, 0.3) is 0 Å². The molecule has 3 nitrogen and oxygen atoms in total. The fourth-order valence-corrected chi connectivity index (χ4v) is 1.47. The number of rotatable bonds is 6. The average Bonchev–Trinajstić information content (AvgIpc) is 2.29. The van der Waals surface area contributed by atoms with Gasteiger partial charge >= 0.3 is 0 Å². The van der Waals surface area contributed by atoms with Crippen LogP contribution in [0, 0.1) is 0 Å². The highest BCUT2D eigenvalue weighted by molar-refractivity contribution is 5.12. The number of nitrogens with one attached hydrogen (secondary N) is 1. The maximum absolute atomic E-state index is 4.13. The van der Waals surface area contributed by atoms with Gasteiger partial charge in [-0.15, -0.1) is 0 Å². The third kappa shape index (κ3) is 4.29. The van der Waals surface area contributed by atoms with E-state index in [9.17, 15) is 0 Å². The van der Waals surface area contributed by atoms with E-state index in [4.69, 9.17) is 0 Å². The molecule has 1 N–H and O–H groups in total. The zero-order chi connectivity index (χ0) is 12.0. The van der Waals surface area contributed by atoms with E-state index in [1.807, 2.05) is 18.5 Å². The van der Waals surface area contributed by atoms with Gasteiger partial charge in [-0.1, -0.05) is 6.07 Å². The third-order valence-electron chi connectivity index (χ3n) is 2.98. The highest BCUT2D eigenvalue weighted by atomic mass is 15.1. The van der Waals surface area contributed by atoms with E-state index in [0.717, 1.165) is 13.1 Å². The Labute approximate surface area is 98.9 Å². The molecule has 0 aliphatic rings. The molecule has 0 radical (unpaired) electrons. The summed E-state index contributed by atoms with van der Waals surface area (Å²) >= 11 is 0. The second kappa shape index (κ2) is 6.61. The fraction of sp³-hybridized carbons (Fsp3) is 0.615. The molecule has 0 spiro atoms. The number of likely N-dealkylation sites (N-methyl/N-ethyl adjacent to an activating group) is 1. The standard InChI is InChI=1S/C13H23N3/c1-11(2)16(4)9-8-15-12(3)13-6-5-7-14-10-13/h5-7,10-12,15H,8-9H2,1-4H3. The number of hydrogen-bond donors (Lipinski definition) is 1. The van der Waals surface area contributed by atoms with Gasteiger partial charge in [0.15, 0.2) is 0 Å². The molecular weight excluding hydrogens is 198 g/mol. The molecule has 0 saturated carbocycles. The Morgan fingerprint density at radius 2 is 2.12 bits per heavy atom. The molecule has 3 heteroatoms. The van der Waals surface area contributed by atoms with Gasteiger partial charge in [-0.25, -0.2) is 0 Å². The van der Waals surface area contributed by atoms with E-state index < -0.39 is 0 Å². The second-order valence-corrected chi connectivity index (χ2v) is 4.54. The number of pyridine rings is 1. The lowest BCUT2D eigenvalue weighted by Gasteiger charge is -2.22. The lowest BCUT2D eigenvalue weighted by Crippen LogP contribution is -2.34. The maximum Gasteiger partial charge on any atom is 0.0315 e. The average molecular weight is 221 g/mol. The summed E-state index contributed by atoms with van der Waals surface area (Å²) in [5.74, 6) is 0. The van der Waals surface area contributed by atoms with Gasteiger partial charge in [0.1, 0.15) is 0 Å². The zero-order valence-corrected chi connectivity index (χ0v) is 10.8. The molecule has 1 unspecified atom stereocenters. The molecule has 0 fully saturated rings. The molecule has 1 aromatic rings. The van der Waals surface area contributed by atoms with E-state index in [1.54, 1.807) is 0 Å². The summed E-state index contributed by atoms with van der Waals surface area (Å²) in [7, 11) is 2.15. The van der Waals surface area contributed by atoms with Crippen molar-refractivity contribution in [3.8, 4) is 0 Å². The van der Waals surface area contributed by atoms with Crippen LogP contribution in [0.2, 0.25) is 0 Å². The molecule has 1 rings (SSSR count). The molecular formula is C13H23N3. The highest BCUT2D eigenvalue weighted by Gasteiger charge is 2.06. The van der Waals surface area contributed by atoms with Crippen LogP contribution in [0.25, 0.3) is 0 Å². The van der Waals surface area contributed by atoms with Crippen LogP contribution in [0.3, 0.4) is 0 Å². The Kier molecular flexibility index (Phi) is 5.43. The van der Waals surface area contributed by atoms with Gasteiger partial charge < -0.3 is 10.2 Å². The van der Waals surface area contributed by atoms with Gasteiger partial charge in [-0.3, -0.25) is 4.98 Å².